The topological polar surface area (TPSA) is 82.3 Å². The van der Waals surface area contributed by atoms with Gasteiger partial charge in [-0.25, -0.2) is 4.79 Å². The van der Waals surface area contributed by atoms with Crippen molar-refractivity contribution in [2.24, 2.45) is 0 Å². The van der Waals surface area contributed by atoms with Gasteiger partial charge in [-0.15, -0.1) is 0 Å². The van der Waals surface area contributed by atoms with Crippen LogP contribution in [0.5, 0.6) is 5.75 Å². The SMILES string of the molecule is O=C(NCC1CN(Cc2ccccc2)c2ccccc2O1)Nc1cccc2[nH]ncc12. The van der Waals surface area contributed by atoms with Crippen molar-refractivity contribution in [1.29, 1.82) is 0 Å². The Morgan fingerprint density at radius 2 is 1.90 bits per heavy atom. The minimum atomic E-state index is -0.272. The molecule has 1 aliphatic heterocycles. The van der Waals surface area contributed by atoms with Gasteiger partial charge in [-0.1, -0.05) is 48.5 Å². The zero-order valence-corrected chi connectivity index (χ0v) is 16.9. The van der Waals surface area contributed by atoms with E-state index in [1.165, 1.54) is 5.56 Å². The maximum Gasteiger partial charge on any atom is 0.319 e. The van der Waals surface area contributed by atoms with Crippen LogP contribution in [0.2, 0.25) is 0 Å². The van der Waals surface area contributed by atoms with Crippen LogP contribution in [0, 0.1) is 0 Å². The number of benzene rings is 3. The predicted octanol–water partition coefficient (Wildman–Crippen LogP) is 4.15. The van der Waals surface area contributed by atoms with E-state index in [0.29, 0.717) is 18.8 Å². The van der Waals surface area contributed by atoms with E-state index in [0.717, 1.165) is 28.9 Å². The molecule has 2 amide bonds. The van der Waals surface area contributed by atoms with Crippen LogP contribution in [0.3, 0.4) is 0 Å². The highest BCUT2D eigenvalue weighted by Gasteiger charge is 2.26. The van der Waals surface area contributed by atoms with E-state index in [2.05, 4.69) is 43.9 Å². The summed E-state index contributed by atoms with van der Waals surface area (Å²) in [5.74, 6) is 0.833. The van der Waals surface area contributed by atoms with E-state index in [1.807, 2.05) is 54.6 Å². The summed E-state index contributed by atoms with van der Waals surface area (Å²) in [6, 6.07) is 23.8. The second-order valence-electron chi connectivity index (χ2n) is 7.55. The molecule has 1 unspecified atom stereocenters. The van der Waals surface area contributed by atoms with Gasteiger partial charge in [0.2, 0.25) is 0 Å². The maximum absolute atomic E-state index is 12.5. The van der Waals surface area contributed by atoms with Gasteiger partial charge in [0.15, 0.2) is 0 Å². The summed E-state index contributed by atoms with van der Waals surface area (Å²) in [5.41, 5.74) is 3.89. The number of urea groups is 1. The van der Waals surface area contributed by atoms with Gasteiger partial charge in [0, 0.05) is 11.9 Å². The van der Waals surface area contributed by atoms with Gasteiger partial charge >= 0.3 is 6.03 Å². The number of hydrogen-bond donors (Lipinski definition) is 3. The number of aromatic nitrogens is 2. The molecule has 0 aliphatic carbocycles. The minimum Gasteiger partial charge on any atom is -0.485 e. The maximum atomic E-state index is 12.5. The Bertz CT molecular complexity index is 1190. The summed E-state index contributed by atoms with van der Waals surface area (Å²) >= 11 is 0. The fraction of sp³-hybridized carbons (Fsp3) is 0.167. The van der Waals surface area contributed by atoms with E-state index >= 15 is 0 Å². The number of para-hydroxylation sites is 2. The first-order chi connectivity index (χ1) is 15.3. The number of aromatic amines is 1. The number of amides is 2. The first-order valence-electron chi connectivity index (χ1n) is 10.3. The Morgan fingerprint density at radius 1 is 1.06 bits per heavy atom. The Morgan fingerprint density at radius 3 is 2.81 bits per heavy atom. The summed E-state index contributed by atoms with van der Waals surface area (Å²) in [5, 5.41) is 13.6. The molecule has 7 heteroatoms. The van der Waals surface area contributed by atoms with E-state index < -0.39 is 0 Å². The second-order valence-corrected chi connectivity index (χ2v) is 7.55. The lowest BCUT2D eigenvalue weighted by Gasteiger charge is -2.36. The molecule has 2 heterocycles. The van der Waals surface area contributed by atoms with Crippen molar-refractivity contribution in [1.82, 2.24) is 15.5 Å². The summed E-state index contributed by atoms with van der Waals surface area (Å²) in [6.07, 6.45) is 1.54. The highest BCUT2D eigenvalue weighted by Crippen LogP contribution is 2.34. The smallest absolute Gasteiger partial charge is 0.319 e. The van der Waals surface area contributed by atoms with E-state index in [4.69, 9.17) is 4.74 Å². The summed E-state index contributed by atoms with van der Waals surface area (Å²) < 4.78 is 6.16. The Hall–Kier alpha value is -4.00. The number of nitrogens with one attached hydrogen (secondary N) is 3. The van der Waals surface area contributed by atoms with Crippen molar-refractivity contribution < 1.29 is 9.53 Å². The largest absolute Gasteiger partial charge is 0.485 e. The molecule has 3 aromatic carbocycles. The summed E-state index contributed by atoms with van der Waals surface area (Å²) in [7, 11) is 0. The molecule has 0 spiro atoms. The molecule has 7 nitrogen and oxygen atoms in total. The normalized spacial score (nSPS) is 15.2. The molecule has 1 atom stereocenters. The molecule has 0 saturated heterocycles. The molecule has 1 aromatic heterocycles. The van der Waals surface area contributed by atoms with Crippen LogP contribution in [0.1, 0.15) is 5.56 Å². The molecule has 3 N–H and O–H groups in total. The summed E-state index contributed by atoms with van der Waals surface area (Å²) in [6.45, 7) is 1.86. The molecule has 0 radical (unpaired) electrons. The van der Waals surface area contributed by atoms with Crippen molar-refractivity contribution in [3.8, 4) is 5.75 Å². The van der Waals surface area contributed by atoms with Crippen molar-refractivity contribution >= 4 is 28.3 Å². The molecule has 1 aliphatic rings. The van der Waals surface area contributed by atoms with Crippen molar-refractivity contribution in [2.45, 2.75) is 12.6 Å². The fourth-order valence-electron chi connectivity index (χ4n) is 3.89. The average molecular weight is 413 g/mol. The first kappa shape index (κ1) is 19.0. The number of hydrogen-bond acceptors (Lipinski definition) is 4. The standard InChI is InChI=1S/C24H23N5O2/c30-24(27-20-9-6-10-21-19(20)14-26-28-21)25-13-18-16-29(15-17-7-2-1-3-8-17)22-11-4-5-12-23(22)31-18/h1-12,14,18H,13,15-16H2,(H,26,28)(H2,25,27,30). The number of rotatable bonds is 5. The third-order valence-electron chi connectivity index (χ3n) is 5.36. The van der Waals surface area contributed by atoms with Crippen molar-refractivity contribution in [2.75, 3.05) is 23.3 Å². The van der Waals surface area contributed by atoms with Crippen molar-refractivity contribution in [3.05, 3.63) is 84.6 Å². The monoisotopic (exact) mass is 413 g/mol. The zero-order valence-electron chi connectivity index (χ0n) is 16.9. The van der Waals surface area contributed by atoms with Gasteiger partial charge in [0.25, 0.3) is 0 Å². The van der Waals surface area contributed by atoms with Crippen molar-refractivity contribution in [3.63, 3.8) is 0 Å². The van der Waals surface area contributed by atoms with E-state index in [-0.39, 0.29) is 12.1 Å². The molecular formula is C24H23N5O2. The zero-order chi connectivity index (χ0) is 21.0. The van der Waals surface area contributed by atoms with Crippen LogP contribution in [0.4, 0.5) is 16.2 Å². The third kappa shape index (κ3) is 4.16. The molecule has 31 heavy (non-hydrogen) atoms. The third-order valence-corrected chi connectivity index (χ3v) is 5.36. The number of carbonyl (C=O) groups is 1. The van der Waals surface area contributed by atoms with Crippen LogP contribution >= 0.6 is 0 Å². The molecule has 0 fully saturated rings. The summed E-state index contributed by atoms with van der Waals surface area (Å²) in [4.78, 5) is 14.8. The van der Waals surface area contributed by atoms with Crippen LogP contribution in [0.25, 0.3) is 10.9 Å². The molecule has 0 bridgehead atoms. The Balaban J connectivity index is 1.25. The quantitative estimate of drug-likeness (QED) is 0.459. The van der Waals surface area contributed by atoms with E-state index in [9.17, 15) is 4.79 Å². The lowest BCUT2D eigenvalue weighted by Crippen LogP contribution is -2.46. The average Bonchev–Trinajstić information content (AvgIpc) is 3.28. The number of H-pyrrole nitrogens is 1. The van der Waals surface area contributed by atoms with Crippen LogP contribution in [-0.4, -0.2) is 35.4 Å². The molecule has 0 saturated carbocycles. The lowest BCUT2D eigenvalue weighted by molar-refractivity contribution is 0.188. The Kier molecular flexibility index (Phi) is 5.14. The van der Waals surface area contributed by atoms with Gasteiger partial charge in [0.05, 0.1) is 36.2 Å². The van der Waals surface area contributed by atoms with Gasteiger partial charge in [-0.2, -0.15) is 5.10 Å². The number of carbonyl (C=O) groups excluding carboxylic acids is 1. The highest BCUT2D eigenvalue weighted by molar-refractivity contribution is 6.00. The van der Waals surface area contributed by atoms with Gasteiger partial charge in [0.1, 0.15) is 11.9 Å². The van der Waals surface area contributed by atoms with Crippen LogP contribution < -0.4 is 20.3 Å². The molecule has 4 aromatic rings. The van der Waals surface area contributed by atoms with E-state index in [1.54, 1.807) is 6.20 Å². The van der Waals surface area contributed by atoms with Crippen LogP contribution in [0.15, 0.2) is 79.0 Å². The molecule has 156 valence electrons. The number of anilines is 2. The Labute approximate surface area is 180 Å². The molecular weight excluding hydrogens is 390 g/mol. The van der Waals surface area contributed by atoms with Gasteiger partial charge in [-0.05, 0) is 29.8 Å². The number of fused-ring (bicyclic) bond motifs is 2. The van der Waals surface area contributed by atoms with Gasteiger partial charge in [-0.3, -0.25) is 5.10 Å². The predicted molar refractivity (Wildman–Crippen MR) is 121 cm³/mol. The number of ether oxygens (including phenoxy) is 1. The van der Waals surface area contributed by atoms with Gasteiger partial charge < -0.3 is 20.3 Å². The fourth-order valence-corrected chi connectivity index (χ4v) is 3.89. The lowest BCUT2D eigenvalue weighted by atomic mass is 10.1. The first-order valence-corrected chi connectivity index (χ1v) is 10.3. The number of nitrogens with zero attached hydrogens (tertiary/aromatic N) is 2. The second kappa shape index (κ2) is 8.39. The highest BCUT2D eigenvalue weighted by atomic mass is 16.5. The minimum absolute atomic E-state index is 0.158. The van der Waals surface area contributed by atoms with Crippen LogP contribution in [-0.2, 0) is 6.54 Å². The molecule has 5 rings (SSSR count).